The zero-order valence-electron chi connectivity index (χ0n) is 13.9. The van der Waals surface area contributed by atoms with E-state index in [1.807, 2.05) is 13.8 Å². The molecule has 8 heteroatoms. The van der Waals surface area contributed by atoms with Crippen molar-refractivity contribution >= 4 is 27.5 Å². The average molecular weight is 375 g/mol. The molecule has 1 fully saturated rings. The summed E-state index contributed by atoms with van der Waals surface area (Å²) in [7, 11) is -3.68. The van der Waals surface area contributed by atoms with Crippen molar-refractivity contribution in [3.8, 4) is 5.75 Å². The Morgan fingerprint density at radius 2 is 2.17 bits per heavy atom. The van der Waals surface area contributed by atoms with Gasteiger partial charge in [0.25, 0.3) is 0 Å². The van der Waals surface area contributed by atoms with E-state index in [0.717, 1.165) is 0 Å². The lowest BCUT2D eigenvalue weighted by Gasteiger charge is -2.31. The second kappa shape index (κ2) is 8.18. The fraction of sp³-hybridized carbons (Fsp3) is 0.562. The summed E-state index contributed by atoms with van der Waals surface area (Å²) in [5.74, 6) is 0.0470. The minimum Gasteiger partial charge on any atom is -0.492 e. The van der Waals surface area contributed by atoms with Crippen molar-refractivity contribution in [1.82, 2.24) is 9.62 Å². The van der Waals surface area contributed by atoms with E-state index in [4.69, 9.17) is 16.3 Å². The van der Waals surface area contributed by atoms with Crippen LogP contribution in [0.1, 0.15) is 26.7 Å². The Balaban J connectivity index is 2.20. The first-order chi connectivity index (χ1) is 11.4. The van der Waals surface area contributed by atoms with Crippen LogP contribution in [0.5, 0.6) is 5.75 Å². The zero-order valence-corrected chi connectivity index (χ0v) is 15.5. The van der Waals surface area contributed by atoms with Crippen LogP contribution in [0.15, 0.2) is 23.1 Å². The maximum Gasteiger partial charge on any atom is 0.243 e. The van der Waals surface area contributed by atoms with Crippen LogP contribution in [0.2, 0.25) is 5.02 Å². The van der Waals surface area contributed by atoms with Crippen LogP contribution in [-0.2, 0) is 14.8 Å². The van der Waals surface area contributed by atoms with Crippen LogP contribution in [0.3, 0.4) is 0 Å². The lowest BCUT2D eigenvalue weighted by Crippen LogP contribution is -2.45. The third kappa shape index (κ3) is 4.20. The van der Waals surface area contributed by atoms with Crippen LogP contribution >= 0.6 is 11.6 Å². The normalized spacial score (nSPS) is 19.0. The summed E-state index contributed by atoms with van der Waals surface area (Å²) < 4.78 is 32.4. The van der Waals surface area contributed by atoms with E-state index in [-0.39, 0.29) is 28.3 Å². The van der Waals surface area contributed by atoms with Crippen molar-refractivity contribution < 1.29 is 17.9 Å². The number of sulfonamides is 1. The van der Waals surface area contributed by atoms with Gasteiger partial charge in [-0.05, 0) is 44.9 Å². The topological polar surface area (TPSA) is 75.7 Å². The Bertz CT molecular complexity index is 693. The maximum atomic E-state index is 12.8. The number of nitrogens with one attached hydrogen (secondary N) is 1. The SMILES string of the molecule is CCNC(=O)[C@H]1CCCN(S(=O)(=O)c2ccc(OCC)c(Cl)c2)C1. The van der Waals surface area contributed by atoms with Gasteiger partial charge < -0.3 is 10.1 Å². The van der Waals surface area contributed by atoms with E-state index in [9.17, 15) is 13.2 Å². The van der Waals surface area contributed by atoms with Gasteiger partial charge in [-0.1, -0.05) is 11.6 Å². The van der Waals surface area contributed by atoms with Gasteiger partial charge in [0.1, 0.15) is 5.75 Å². The molecule has 1 saturated heterocycles. The molecule has 0 spiro atoms. The highest BCUT2D eigenvalue weighted by atomic mass is 35.5. The van der Waals surface area contributed by atoms with Gasteiger partial charge in [-0.15, -0.1) is 0 Å². The van der Waals surface area contributed by atoms with Crippen molar-refractivity contribution in [3.63, 3.8) is 0 Å². The van der Waals surface area contributed by atoms with Crippen molar-refractivity contribution in [2.75, 3.05) is 26.2 Å². The second-order valence-corrected chi connectivity index (χ2v) is 7.97. The van der Waals surface area contributed by atoms with Crippen molar-refractivity contribution in [1.29, 1.82) is 0 Å². The van der Waals surface area contributed by atoms with Crippen LogP contribution < -0.4 is 10.1 Å². The highest BCUT2D eigenvalue weighted by Gasteiger charge is 2.33. The number of amides is 1. The molecular formula is C16H23ClN2O4S. The molecule has 24 heavy (non-hydrogen) atoms. The van der Waals surface area contributed by atoms with Gasteiger partial charge in [0.15, 0.2) is 0 Å². The summed E-state index contributed by atoms with van der Waals surface area (Å²) in [6.45, 7) is 5.26. The van der Waals surface area contributed by atoms with Crippen molar-refractivity contribution in [2.24, 2.45) is 5.92 Å². The Kier molecular flexibility index (Phi) is 6.48. The van der Waals surface area contributed by atoms with E-state index >= 15 is 0 Å². The molecule has 0 bridgehead atoms. The smallest absolute Gasteiger partial charge is 0.243 e. The van der Waals surface area contributed by atoms with Gasteiger partial charge in [0, 0.05) is 19.6 Å². The third-order valence-electron chi connectivity index (χ3n) is 3.95. The number of benzene rings is 1. The molecule has 1 aliphatic heterocycles. The summed E-state index contributed by atoms with van der Waals surface area (Å²) >= 11 is 6.10. The van der Waals surface area contributed by atoms with E-state index in [2.05, 4.69) is 5.32 Å². The zero-order chi connectivity index (χ0) is 17.7. The van der Waals surface area contributed by atoms with E-state index < -0.39 is 10.0 Å². The standard InChI is InChI=1S/C16H23ClN2O4S/c1-3-18-16(20)12-6-5-9-19(11-12)24(21,22)13-7-8-15(23-4-2)14(17)10-13/h7-8,10,12H,3-6,9,11H2,1-2H3,(H,18,20)/t12-/m0/s1. The number of hydrogen-bond acceptors (Lipinski definition) is 4. The third-order valence-corrected chi connectivity index (χ3v) is 6.10. The molecule has 1 atom stereocenters. The predicted molar refractivity (Wildman–Crippen MR) is 92.8 cm³/mol. The fourth-order valence-corrected chi connectivity index (χ4v) is 4.61. The number of carbonyl (C=O) groups is 1. The van der Waals surface area contributed by atoms with Gasteiger partial charge >= 0.3 is 0 Å². The van der Waals surface area contributed by atoms with E-state index in [1.165, 1.54) is 16.4 Å². The number of halogens is 1. The molecule has 1 heterocycles. The summed E-state index contributed by atoms with van der Waals surface area (Å²) in [6, 6.07) is 4.45. The summed E-state index contributed by atoms with van der Waals surface area (Å²) in [5, 5.41) is 3.02. The molecule has 0 radical (unpaired) electrons. The number of hydrogen-bond donors (Lipinski definition) is 1. The lowest BCUT2D eigenvalue weighted by molar-refractivity contribution is -0.125. The number of piperidine rings is 1. The molecule has 2 rings (SSSR count). The van der Waals surface area contributed by atoms with E-state index in [1.54, 1.807) is 6.07 Å². The van der Waals surface area contributed by atoms with Crippen LogP contribution in [-0.4, -0.2) is 44.9 Å². The number of rotatable bonds is 6. The summed E-state index contributed by atoms with van der Waals surface area (Å²) in [6.07, 6.45) is 1.35. The molecular weight excluding hydrogens is 352 g/mol. The van der Waals surface area contributed by atoms with Gasteiger partial charge in [-0.3, -0.25) is 4.79 Å². The van der Waals surface area contributed by atoms with Crippen LogP contribution in [0.4, 0.5) is 0 Å². The van der Waals surface area contributed by atoms with Crippen LogP contribution in [0.25, 0.3) is 0 Å². The van der Waals surface area contributed by atoms with Gasteiger partial charge in [0.05, 0.1) is 22.4 Å². The van der Waals surface area contributed by atoms with Gasteiger partial charge in [-0.25, -0.2) is 8.42 Å². The molecule has 0 unspecified atom stereocenters. The lowest BCUT2D eigenvalue weighted by atomic mass is 9.99. The molecule has 6 nitrogen and oxygen atoms in total. The highest BCUT2D eigenvalue weighted by Crippen LogP contribution is 2.30. The Hall–Kier alpha value is -1.31. The fourth-order valence-electron chi connectivity index (χ4n) is 2.76. The van der Waals surface area contributed by atoms with Crippen molar-refractivity contribution in [3.05, 3.63) is 23.2 Å². The molecule has 0 aromatic heterocycles. The summed E-state index contributed by atoms with van der Waals surface area (Å²) in [5.41, 5.74) is 0. The van der Waals surface area contributed by atoms with Gasteiger partial charge in [0.2, 0.25) is 15.9 Å². The first-order valence-corrected chi connectivity index (χ1v) is 9.92. The molecule has 1 aromatic rings. The minimum absolute atomic E-state index is 0.0953. The summed E-state index contributed by atoms with van der Waals surface area (Å²) in [4.78, 5) is 12.1. The first kappa shape index (κ1) is 19.0. The predicted octanol–water partition coefficient (Wildman–Crippen LogP) is 2.28. The van der Waals surface area contributed by atoms with Crippen LogP contribution in [0, 0.1) is 5.92 Å². The van der Waals surface area contributed by atoms with Crippen molar-refractivity contribution in [2.45, 2.75) is 31.6 Å². The number of nitrogens with zero attached hydrogens (tertiary/aromatic N) is 1. The Labute approximate surface area is 148 Å². The maximum absolute atomic E-state index is 12.8. The Morgan fingerprint density at radius 1 is 1.42 bits per heavy atom. The second-order valence-electron chi connectivity index (χ2n) is 5.62. The average Bonchev–Trinajstić information content (AvgIpc) is 2.57. The Morgan fingerprint density at radius 3 is 2.79 bits per heavy atom. The van der Waals surface area contributed by atoms with E-state index in [0.29, 0.717) is 38.3 Å². The molecule has 1 aromatic carbocycles. The number of carbonyl (C=O) groups excluding carboxylic acids is 1. The largest absolute Gasteiger partial charge is 0.492 e. The highest BCUT2D eigenvalue weighted by molar-refractivity contribution is 7.89. The quantitative estimate of drug-likeness (QED) is 0.828. The molecule has 1 N–H and O–H groups in total. The molecule has 1 amide bonds. The minimum atomic E-state index is -3.68. The molecule has 0 aliphatic carbocycles. The monoisotopic (exact) mass is 374 g/mol. The van der Waals surface area contributed by atoms with Gasteiger partial charge in [-0.2, -0.15) is 4.31 Å². The number of ether oxygens (including phenoxy) is 1. The first-order valence-electron chi connectivity index (χ1n) is 8.10. The molecule has 0 saturated carbocycles. The molecule has 1 aliphatic rings. The molecule has 134 valence electrons.